The normalized spacial score (nSPS) is 39.2. The van der Waals surface area contributed by atoms with E-state index in [1.165, 1.54) is 19.3 Å². The zero-order valence-electron chi connectivity index (χ0n) is 12.5. The minimum atomic E-state index is -2.24. The van der Waals surface area contributed by atoms with Gasteiger partial charge in [0, 0.05) is 0 Å². The van der Waals surface area contributed by atoms with Gasteiger partial charge in [-0.15, -0.1) is 0 Å². The van der Waals surface area contributed by atoms with Gasteiger partial charge in [-0.3, -0.25) is 0 Å². The van der Waals surface area contributed by atoms with Crippen molar-refractivity contribution in [2.75, 3.05) is 0 Å². The number of fused-ring (bicyclic) bond motifs is 2. The molecule has 2 fully saturated rings. The van der Waals surface area contributed by atoms with Gasteiger partial charge in [-0.1, -0.05) is 0 Å². The number of benzene rings is 1. The molecule has 19 heavy (non-hydrogen) atoms. The number of rotatable bonds is 2. The van der Waals surface area contributed by atoms with E-state index in [1.807, 2.05) is 0 Å². The molecule has 2 bridgehead atoms. The minimum absolute atomic E-state index is 0.565. The zero-order valence-corrected chi connectivity index (χ0v) is 17.6. The van der Waals surface area contributed by atoms with E-state index in [0.717, 1.165) is 9.85 Å². The Morgan fingerprint density at radius 1 is 1.16 bits per heavy atom. The van der Waals surface area contributed by atoms with Crippen molar-refractivity contribution in [3.63, 3.8) is 0 Å². The summed E-state index contributed by atoms with van der Waals surface area (Å²) in [6.45, 7) is 7.71. The summed E-state index contributed by atoms with van der Waals surface area (Å²) in [5.74, 6) is 0.983. The first kappa shape index (κ1) is 14.7. The summed E-state index contributed by atoms with van der Waals surface area (Å²) in [6.07, 6.45) is 4.46. The van der Waals surface area contributed by atoms with Crippen LogP contribution in [-0.4, -0.2) is 14.4 Å². The van der Waals surface area contributed by atoms with Crippen LogP contribution in [-0.2, 0) is 0 Å². The predicted octanol–water partition coefficient (Wildman–Crippen LogP) is 5.12. The van der Waals surface area contributed by atoms with Crippen molar-refractivity contribution in [2.45, 2.75) is 48.9 Å². The van der Waals surface area contributed by atoms with Gasteiger partial charge in [0.15, 0.2) is 0 Å². The van der Waals surface area contributed by atoms with Crippen molar-refractivity contribution < 1.29 is 0 Å². The van der Waals surface area contributed by atoms with E-state index < -0.39 is 14.4 Å². The molecule has 1 unspecified atom stereocenters. The first-order valence-corrected chi connectivity index (χ1v) is 21.8. The molecule has 104 valence electrons. The summed E-state index contributed by atoms with van der Waals surface area (Å²) >= 11 is 0.701. The Morgan fingerprint density at radius 3 is 2.26 bits per heavy atom. The Bertz CT molecular complexity index is 479. The average molecular weight is 475 g/mol. The quantitative estimate of drug-likeness (QED) is 0.412. The summed E-state index contributed by atoms with van der Waals surface area (Å²) in [7, 11) is 0. The van der Waals surface area contributed by atoms with Gasteiger partial charge in [-0.25, -0.2) is 0 Å². The van der Waals surface area contributed by atoms with Gasteiger partial charge in [0.1, 0.15) is 0 Å². The first-order chi connectivity index (χ1) is 8.80. The molecule has 0 spiro atoms. The summed E-state index contributed by atoms with van der Waals surface area (Å²) in [5, 5.41) is 0. The molecule has 4 atom stereocenters. The SMILES string of the molecule is CC1(C)[C@@H]2CC[C@@]1(C)[C@@H]([Sn]([CH3])([I])[c]1ccccc1)C2. The third-order valence-corrected chi connectivity index (χ3v) is 26.4. The van der Waals surface area contributed by atoms with Crippen LogP contribution in [0.2, 0.25) is 8.87 Å². The van der Waals surface area contributed by atoms with Gasteiger partial charge in [-0.05, 0) is 0 Å². The topological polar surface area (TPSA) is 0 Å². The van der Waals surface area contributed by atoms with E-state index in [-0.39, 0.29) is 0 Å². The van der Waals surface area contributed by atoms with Crippen LogP contribution in [0.3, 0.4) is 0 Å². The van der Waals surface area contributed by atoms with Crippen LogP contribution < -0.4 is 3.58 Å². The molecule has 2 saturated carbocycles. The number of hydrogen-bond acceptors (Lipinski definition) is 0. The van der Waals surface area contributed by atoms with Crippen molar-refractivity contribution in [1.29, 1.82) is 0 Å². The third kappa shape index (κ3) is 1.96. The van der Waals surface area contributed by atoms with Crippen LogP contribution in [0, 0.1) is 16.7 Å². The maximum atomic E-state index is 2.94. The van der Waals surface area contributed by atoms with Crippen LogP contribution in [0.1, 0.15) is 40.0 Å². The Kier molecular flexibility index (Phi) is 3.57. The fourth-order valence-electron chi connectivity index (χ4n) is 4.99. The second kappa shape index (κ2) is 4.62. The van der Waals surface area contributed by atoms with Crippen molar-refractivity contribution in [3.05, 3.63) is 30.3 Å². The van der Waals surface area contributed by atoms with Crippen LogP contribution in [0.15, 0.2) is 30.3 Å². The predicted molar refractivity (Wildman–Crippen MR) is 94.7 cm³/mol. The van der Waals surface area contributed by atoms with E-state index in [4.69, 9.17) is 0 Å². The van der Waals surface area contributed by atoms with Gasteiger partial charge in [0.05, 0.1) is 0 Å². The zero-order chi connectivity index (χ0) is 13.9. The fraction of sp³-hybridized carbons (Fsp3) is 0.647. The van der Waals surface area contributed by atoms with Gasteiger partial charge >= 0.3 is 133 Å². The van der Waals surface area contributed by atoms with Gasteiger partial charge < -0.3 is 0 Å². The van der Waals surface area contributed by atoms with Crippen molar-refractivity contribution in [1.82, 2.24) is 0 Å². The van der Waals surface area contributed by atoms with Crippen LogP contribution in [0.5, 0.6) is 0 Å². The molecule has 1 aromatic carbocycles. The molecular formula is C17H25ISn. The molecule has 2 aliphatic rings. The molecule has 0 saturated heterocycles. The Morgan fingerprint density at radius 2 is 1.79 bits per heavy atom. The Balaban J connectivity index is 2.01. The van der Waals surface area contributed by atoms with E-state index in [0.29, 0.717) is 10.8 Å². The molecule has 0 heterocycles. The molecule has 2 aliphatic carbocycles. The summed E-state index contributed by atoms with van der Waals surface area (Å²) in [5.41, 5.74) is 1.16. The van der Waals surface area contributed by atoms with E-state index in [9.17, 15) is 0 Å². The number of hydrogen-bond donors (Lipinski definition) is 0. The summed E-state index contributed by atoms with van der Waals surface area (Å²) in [4.78, 5) is 2.66. The molecule has 0 N–H and O–H groups in total. The molecule has 0 nitrogen and oxygen atoms in total. The molecule has 0 aliphatic heterocycles. The molecule has 2 heteroatoms. The monoisotopic (exact) mass is 476 g/mol. The molecule has 0 aromatic heterocycles. The van der Waals surface area contributed by atoms with Gasteiger partial charge in [-0.2, -0.15) is 0 Å². The molecule has 1 aromatic rings. The second-order valence-corrected chi connectivity index (χ2v) is 32.4. The van der Waals surface area contributed by atoms with Gasteiger partial charge in [0.25, 0.3) is 0 Å². The van der Waals surface area contributed by atoms with E-state index in [1.54, 1.807) is 3.58 Å². The second-order valence-electron chi connectivity index (χ2n) is 7.60. The summed E-state index contributed by atoms with van der Waals surface area (Å²) in [6, 6.07) is 11.5. The van der Waals surface area contributed by atoms with E-state index in [2.05, 4.69) is 74.7 Å². The Hall–Kier alpha value is 0.749. The fourth-order valence-corrected chi connectivity index (χ4v) is 24.2. The Labute approximate surface area is 131 Å². The van der Waals surface area contributed by atoms with Crippen LogP contribution in [0.4, 0.5) is 0 Å². The number of halogens is 1. The van der Waals surface area contributed by atoms with Crippen LogP contribution >= 0.6 is 18.6 Å². The van der Waals surface area contributed by atoms with Crippen molar-refractivity contribution in [2.24, 2.45) is 16.7 Å². The average Bonchev–Trinajstić information content (AvgIpc) is 2.72. The van der Waals surface area contributed by atoms with Crippen molar-refractivity contribution >= 4 is 36.6 Å². The van der Waals surface area contributed by atoms with Crippen molar-refractivity contribution in [3.8, 4) is 0 Å². The van der Waals surface area contributed by atoms with Crippen LogP contribution in [0.25, 0.3) is 0 Å². The van der Waals surface area contributed by atoms with Gasteiger partial charge in [0.2, 0.25) is 0 Å². The third-order valence-electron chi connectivity index (χ3n) is 6.79. The molecular weight excluding hydrogens is 450 g/mol. The molecule has 0 amide bonds. The first-order valence-electron chi connectivity index (χ1n) is 7.54. The standard InChI is InChI=1S/C10H17.C6H5.CH3.HI.Sn/c1-9(2)8-4-6-10(9,3)7-5-8;1-2-4-6-5-3-1;;;/h6,8H,4-5,7H2,1-3H3;1-5H;1H3;1H;/q;;;;+1/p-1/t8-,10+;;;;/m0..../s1. The molecule has 0 radical (unpaired) electrons. The van der Waals surface area contributed by atoms with E-state index >= 15 is 0 Å². The summed E-state index contributed by atoms with van der Waals surface area (Å²) < 4.78 is 2.73. The molecule has 3 rings (SSSR count). The maximum absolute atomic E-state index is 2.94.